The fourth-order valence-corrected chi connectivity index (χ4v) is 2.01. The van der Waals surface area contributed by atoms with E-state index in [9.17, 15) is 5.11 Å². The molecule has 0 amide bonds. The van der Waals surface area contributed by atoms with Crippen molar-refractivity contribution in [1.29, 1.82) is 0 Å². The minimum absolute atomic E-state index is 0.634. The lowest BCUT2D eigenvalue weighted by molar-refractivity contribution is 0.0587. The van der Waals surface area contributed by atoms with Crippen molar-refractivity contribution in [3.63, 3.8) is 0 Å². The molecule has 2 N–H and O–H groups in total. The van der Waals surface area contributed by atoms with Crippen LogP contribution >= 0.6 is 0 Å². The average molecular weight is 191 g/mol. The minimum Gasteiger partial charge on any atom is -0.384 e. The molecule has 0 aromatic heterocycles. The number of β-amino-alcohol motifs (C(OH)–C–C–N with tert-alkyl or cyclic N) is 1. The number of aliphatic hydroxyl groups is 1. The molecule has 1 heterocycles. The first-order chi connectivity index (χ1) is 6.74. The average Bonchev–Trinajstić information content (AvgIpc) is 2.67. The molecule has 2 rings (SSSR count). The van der Waals surface area contributed by atoms with Crippen LogP contribution in [0.15, 0.2) is 24.3 Å². The first kappa shape index (κ1) is 9.69. The van der Waals surface area contributed by atoms with Crippen LogP contribution in [0.5, 0.6) is 0 Å². The van der Waals surface area contributed by atoms with E-state index >= 15 is 0 Å². The van der Waals surface area contributed by atoms with Crippen LogP contribution in [0.3, 0.4) is 0 Å². The van der Waals surface area contributed by atoms with Gasteiger partial charge in [0.05, 0.1) is 0 Å². The van der Waals surface area contributed by atoms with E-state index in [-0.39, 0.29) is 0 Å². The lowest BCUT2D eigenvalue weighted by Gasteiger charge is -2.22. The molecule has 14 heavy (non-hydrogen) atoms. The first-order valence-electron chi connectivity index (χ1n) is 5.27. The standard InChI is InChI=1S/C12H17NO/c1-2-10-4-3-5-11(8-10)12(14)6-7-13-9-12/h3-5,8,13-14H,2,6-7,9H2,1H3. The molecule has 76 valence electrons. The molecule has 1 aromatic carbocycles. The van der Waals surface area contributed by atoms with Gasteiger partial charge in [0.25, 0.3) is 0 Å². The molecule has 1 aromatic rings. The van der Waals surface area contributed by atoms with Crippen molar-refractivity contribution < 1.29 is 5.11 Å². The fraction of sp³-hybridized carbons (Fsp3) is 0.500. The third-order valence-electron chi connectivity index (χ3n) is 3.01. The third-order valence-corrected chi connectivity index (χ3v) is 3.01. The summed E-state index contributed by atoms with van der Waals surface area (Å²) in [5.41, 5.74) is 1.72. The molecule has 0 aliphatic carbocycles. The Morgan fingerprint density at radius 2 is 2.36 bits per heavy atom. The van der Waals surface area contributed by atoms with Gasteiger partial charge in [0.15, 0.2) is 0 Å². The quantitative estimate of drug-likeness (QED) is 0.741. The highest BCUT2D eigenvalue weighted by Gasteiger charge is 2.32. The summed E-state index contributed by atoms with van der Waals surface area (Å²) >= 11 is 0. The van der Waals surface area contributed by atoms with Crippen LogP contribution in [0.25, 0.3) is 0 Å². The van der Waals surface area contributed by atoms with E-state index in [0.29, 0.717) is 6.54 Å². The normalized spacial score (nSPS) is 26.7. The predicted molar refractivity (Wildman–Crippen MR) is 57.2 cm³/mol. The Balaban J connectivity index is 2.30. The highest BCUT2D eigenvalue weighted by molar-refractivity contribution is 5.29. The smallest absolute Gasteiger partial charge is 0.103 e. The van der Waals surface area contributed by atoms with Gasteiger partial charge in [-0.1, -0.05) is 31.2 Å². The van der Waals surface area contributed by atoms with Crippen LogP contribution in [0, 0.1) is 0 Å². The third kappa shape index (κ3) is 1.68. The fourth-order valence-electron chi connectivity index (χ4n) is 2.01. The van der Waals surface area contributed by atoms with Crippen molar-refractivity contribution in [3.8, 4) is 0 Å². The van der Waals surface area contributed by atoms with Crippen LogP contribution in [0.1, 0.15) is 24.5 Å². The van der Waals surface area contributed by atoms with Crippen molar-refractivity contribution in [1.82, 2.24) is 5.32 Å². The Labute approximate surface area is 85.0 Å². The van der Waals surface area contributed by atoms with Crippen LogP contribution in [0.2, 0.25) is 0 Å². The van der Waals surface area contributed by atoms with Gasteiger partial charge in [0, 0.05) is 6.54 Å². The van der Waals surface area contributed by atoms with E-state index in [1.807, 2.05) is 12.1 Å². The van der Waals surface area contributed by atoms with Gasteiger partial charge >= 0.3 is 0 Å². The van der Waals surface area contributed by atoms with Gasteiger partial charge < -0.3 is 10.4 Å². The van der Waals surface area contributed by atoms with E-state index in [0.717, 1.165) is 24.9 Å². The highest BCUT2D eigenvalue weighted by Crippen LogP contribution is 2.28. The molecule has 1 unspecified atom stereocenters. The van der Waals surface area contributed by atoms with E-state index < -0.39 is 5.60 Å². The minimum atomic E-state index is -0.634. The predicted octanol–water partition coefficient (Wildman–Crippen LogP) is 1.43. The topological polar surface area (TPSA) is 32.3 Å². The summed E-state index contributed by atoms with van der Waals surface area (Å²) in [4.78, 5) is 0. The van der Waals surface area contributed by atoms with Gasteiger partial charge in [-0.25, -0.2) is 0 Å². The second-order valence-electron chi connectivity index (χ2n) is 4.01. The van der Waals surface area contributed by atoms with Crippen molar-refractivity contribution in [3.05, 3.63) is 35.4 Å². The Bertz CT molecular complexity index is 316. The summed E-state index contributed by atoms with van der Waals surface area (Å²) in [6.07, 6.45) is 1.84. The second-order valence-corrected chi connectivity index (χ2v) is 4.01. The number of rotatable bonds is 2. The van der Waals surface area contributed by atoms with Gasteiger partial charge in [-0.2, -0.15) is 0 Å². The summed E-state index contributed by atoms with van der Waals surface area (Å²) in [6, 6.07) is 8.28. The number of benzene rings is 1. The maximum Gasteiger partial charge on any atom is 0.103 e. The molecule has 1 atom stereocenters. The van der Waals surface area contributed by atoms with Gasteiger partial charge in [-0.15, -0.1) is 0 Å². The molecule has 0 radical (unpaired) electrons. The molecule has 0 spiro atoms. The van der Waals surface area contributed by atoms with Crippen molar-refractivity contribution in [2.45, 2.75) is 25.4 Å². The molecular weight excluding hydrogens is 174 g/mol. The molecule has 1 aliphatic rings. The highest BCUT2D eigenvalue weighted by atomic mass is 16.3. The zero-order valence-corrected chi connectivity index (χ0v) is 8.59. The van der Waals surface area contributed by atoms with Crippen molar-refractivity contribution >= 4 is 0 Å². The number of aryl methyl sites for hydroxylation is 1. The number of hydrogen-bond acceptors (Lipinski definition) is 2. The maximum atomic E-state index is 10.3. The maximum absolute atomic E-state index is 10.3. The molecule has 2 nitrogen and oxygen atoms in total. The number of hydrogen-bond donors (Lipinski definition) is 2. The zero-order chi connectivity index (χ0) is 10.0. The summed E-state index contributed by atoms with van der Waals surface area (Å²) in [7, 11) is 0. The molecule has 2 heteroatoms. The van der Waals surface area contributed by atoms with Gasteiger partial charge in [-0.3, -0.25) is 0 Å². The summed E-state index contributed by atoms with van der Waals surface area (Å²) in [6.45, 7) is 3.73. The van der Waals surface area contributed by atoms with Crippen LogP contribution in [0.4, 0.5) is 0 Å². The molecule has 0 saturated carbocycles. The van der Waals surface area contributed by atoms with Crippen molar-refractivity contribution in [2.75, 3.05) is 13.1 Å². The number of nitrogens with one attached hydrogen (secondary N) is 1. The zero-order valence-electron chi connectivity index (χ0n) is 8.59. The van der Waals surface area contributed by atoms with Crippen LogP contribution < -0.4 is 5.32 Å². The molecular formula is C12H17NO. The SMILES string of the molecule is CCc1cccc(C2(O)CCNC2)c1. The van der Waals surface area contributed by atoms with Crippen molar-refractivity contribution in [2.24, 2.45) is 0 Å². The molecule has 0 bridgehead atoms. The largest absolute Gasteiger partial charge is 0.384 e. The Morgan fingerprint density at radius 1 is 1.50 bits per heavy atom. The van der Waals surface area contributed by atoms with Crippen LogP contribution in [-0.4, -0.2) is 18.2 Å². The molecule has 1 fully saturated rings. The van der Waals surface area contributed by atoms with Gasteiger partial charge in [-0.05, 0) is 30.5 Å². The summed E-state index contributed by atoms with van der Waals surface area (Å²) in [5.74, 6) is 0. The monoisotopic (exact) mass is 191 g/mol. The van der Waals surface area contributed by atoms with Gasteiger partial charge in [0.2, 0.25) is 0 Å². The molecule has 1 aliphatic heterocycles. The van der Waals surface area contributed by atoms with E-state index in [4.69, 9.17) is 0 Å². The van der Waals surface area contributed by atoms with Crippen LogP contribution in [-0.2, 0) is 12.0 Å². The van der Waals surface area contributed by atoms with E-state index in [2.05, 4.69) is 24.4 Å². The Kier molecular flexibility index (Phi) is 2.57. The van der Waals surface area contributed by atoms with Gasteiger partial charge in [0.1, 0.15) is 5.60 Å². The van der Waals surface area contributed by atoms with E-state index in [1.165, 1.54) is 5.56 Å². The Morgan fingerprint density at radius 3 is 3.00 bits per heavy atom. The Hall–Kier alpha value is -0.860. The lowest BCUT2D eigenvalue weighted by Crippen LogP contribution is -2.28. The molecule has 1 saturated heterocycles. The summed E-state index contributed by atoms with van der Waals surface area (Å²) in [5, 5.41) is 13.5. The second kappa shape index (κ2) is 3.71. The summed E-state index contributed by atoms with van der Waals surface area (Å²) < 4.78 is 0. The van der Waals surface area contributed by atoms with E-state index in [1.54, 1.807) is 0 Å². The lowest BCUT2D eigenvalue weighted by atomic mass is 9.91. The first-order valence-corrected chi connectivity index (χ1v) is 5.27.